The van der Waals surface area contributed by atoms with Gasteiger partial charge in [0.05, 0.1) is 5.75 Å². The van der Waals surface area contributed by atoms with Crippen LogP contribution in [0.4, 0.5) is 5.69 Å². The topological polar surface area (TPSA) is 90.6 Å². The fourth-order valence-electron chi connectivity index (χ4n) is 1.59. The van der Waals surface area contributed by atoms with Crippen LogP contribution in [0.1, 0.15) is 19.8 Å². The molecule has 0 radical (unpaired) electrons. The summed E-state index contributed by atoms with van der Waals surface area (Å²) in [7, 11) is -3.32. The number of rotatable bonds is 11. The highest BCUT2D eigenvalue weighted by Gasteiger charge is 2.09. The molecule has 1 aromatic carbocycles. The van der Waals surface area contributed by atoms with Crippen LogP contribution in [0.15, 0.2) is 24.3 Å². The SMILES string of the molecule is CCCOCCCNS(=O)(=O)CCOc1cccc(N)c1. The number of nitrogens with one attached hydrogen (secondary N) is 1. The van der Waals surface area contributed by atoms with Crippen molar-refractivity contribution >= 4 is 15.7 Å². The van der Waals surface area contributed by atoms with E-state index in [1.165, 1.54) is 0 Å². The number of hydrogen-bond donors (Lipinski definition) is 2. The lowest BCUT2D eigenvalue weighted by atomic mass is 10.3. The van der Waals surface area contributed by atoms with E-state index in [2.05, 4.69) is 4.72 Å². The molecule has 0 heterocycles. The Morgan fingerprint density at radius 3 is 2.76 bits per heavy atom. The van der Waals surface area contributed by atoms with Crippen molar-refractivity contribution in [2.45, 2.75) is 19.8 Å². The number of nitrogen functional groups attached to an aromatic ring is 1. The van der Waals surface area contributed by atoms with Gasteiger partial charge in [0.2, 0.25) is 10.0 Å². The van der Waals surface area contributed by atoms with Crippen molar-refractivity contribution in [3.63, 3.8) is 0 Å². The van der Waals surface area contributed by atoms with E-state index in [1.54, 1.807) is 24.3 Å². The largest absolute Gasteiger partial charge is 0.492 e. The molecule has 6 nitrogen and oxygen atoms in total. The highest BCUT2D eigenvalue weighted by Crippen LogP contribution is 2.14. The molecular formula is C14H24N2O4S. The predicted molar refractivity (Wildman–Crippen MR) is 83.9 cm³/mol. The lowest BCUT2D eigenvalue weighted by Crippen LogP contribution is -2.30. The number of ether oxygens (including phenoxy) is 2. The van der Waals surface area contributed by atoms with Crippen LogP contribution < -0.4 is 15.2 Å². The van der Waals surface area contributed by atoms with E-state index < -0.39 is 10.0 Å². The summed E-state index contributed by atoms with van der Waals surface area (Å²) in [5.74, 6) is 0.482. The summed E-state index contributed by atoms with van der Waals surface area (Å²) in [4.78, 5) is 0. The molecule has 0 aliphatic carbocycles. The normalized spacial score (nSPS) is 11.5. The molecule has 0 saturated carbocycles. The highest BCUT2D eigenvalue weighted by atomic mass is 32.2. The zero-order valence-electron chi connectivity index (χ0n) is 12.4. The van der Waals surface area contributed by atoms with E-state index in [9.17, 15) is 8.42 Å². The maximum absolute atomic E-state index is 11.7. The molecule has 0 atom stereocenters. The second-order valence-electron chi connectivity index (χ2n) is 4.60. The summed E-state index contributed by atoms with van der Waals surface area (Å²) in [6.07, 6.45) is 1.63. The average Bonchev–Trinajstić information content (AvgIpc) is 2.42. The Morgan fingerprint density at radius 2 is 2.05 bits per heavy atom. The van der Waals surface area contributed by atoms with Gasteiger partial charge in [-0.25, -0.2) is 13.1 Å². The molecule has 0 bridgehead atoms. The van der Waals surface area contributed by atoms with Gasteiger partial charge < -0.3 is 15.2 Å². The maximum atomic E-state index is 11.7. The van der Waals surface area contributed by atoms with E-state index in [0.29, 0.717) is 37.6 Å². The minimum atomic E-state index is -3.32. The smallest absolute Gasteiger partial charge is 0.214 e. The zero-order valence-corrected chi connectivity index (χ0v) is 13.2. The van der Waals surface area contributed by atoms with E-state index in [0.717, 1.165) is 6.42 Å². The number of benzene rings is 1. The Kier molecular flexibility index (Phi) is 8.11. The second kappa shape index (κ2) is 9.59. The molecule has 7 heteroatoms. The van der Waals surface area contributed by atoms with Gasteiger partial charge in [-0.15, -0.1) is 0 Å². The lowest BCUT2D eigenvalue weighted by molar-refractivity contribution is 0.133. The van der Waals surface area contributed by atoms with Gasteiger partial charge in [0, 0.05) is 31.5 Å². The molecule has 120 valence electrons. The third kappa shape index (κ3) is 8.54. The standard InChI is InChI=1S/C14H24N2O4S/c1-2-8-19-9-4-7-16-21(17,18)11-10-20-14-6-3-5-13(15)12-14/h3,5-6,12,16H,2,4,7-11,15H2,1H3. The van der Waals surface area contributed by atoms with Crippen molar-refractivity contribution in [3.05, 3.63) is 24.3 Å². The van der Waals surface area contributed by atoms with Crippen molar-refractivity contribution in [3.8, 4) is 5.75 Å². The van der Waals surface area contributed by atoms with Crippen LogP contribution >= 0.6 is 0 Å². The van der Waals surface area contributed by atoms with Gasteiger partial charge in [-0.05, 0) is 25.0 Å². The van der Waals surface area contributed by atoms with Gasteiger partial charge in [-0.2, -0.15) is 0 Å². The van der Waals surface area contributed by atoms with Crippen LogP contribution in [0.5, 0.6) is 5.75 Å². The maximum Gasteiger partial charge on any atom is 0.214 e. The third-order valence-corrected chi connectivity index (χ3v) is 3.96. The minimum Gasteiger partial charge on any atom is -0.492 e. The van der Waals surface area contributed by atoms with Crippen LogP contribution in [0.3, 0.4) is 0 Å². The molecule has 21 heavy (non-hydrogen) atoms. The number of sulfonamides is 1. The Morgan fingerprint density at radius 1 is 1.24 bits per heavy atom. The fraction of sp³-hybridized carbons (Fsp3) is 0.571. The Labute approximate surface area is 126 Å². The molecular weight excluding hydrogens is 292 g/mol. The predicted octanol–water partition coefficient (Wildman–Crippen LogP) is 1.38. The van der Waals surface area contributed by atoms with Crippen LogP contribution in [0.25, 0.3) is 0 Å². The average molecular weight is 316 g/mol. The molecule has 0 aliphatic rings. The lowest BCUT2D eigenvalue weighted by Gasteiger charge is -2.09. The zero-order chi connectivity index (χ0) is 15.6. The molecule has 0 amide bonds. The molecule has 0 saturated heterocycles. The molecule has 0 aromatic heterocycles. The summed E-state index contributed by atoms with van der Waals surface area (Å²) in [5.41, 5.74) is 6.19. The van der Waals surface area contributed by atoms with Crippen molar-refractivity contribution < 1.29 is 17.9 Å². The van der Waals surface area contributed by atoms with Gasteiger partial charge in [0.25, 0.3) is 0 Å². The Balaban J connectivity index is 2.17. The second-order valence-corrected chi connectivity index (χ2v) is 6.53. The Hall–Kier alpha value is -1.31. The first-order valence-electron chi connectivity index (χ1n) is 7.07. The number of hydrogen-bond acceptors (Lipinski definition) is 5. The van der Waals surface area contributed by atoms with Gasteiger partial charge in [0.1, 0.15) is 12.4 Å². The molecule has 1 aromatic rings. The summed E-state index contributed by atoms with van der Waals surface area (Å²) < 4.78 is 36.6. The first-order chi connectivity index (χ1) is 10.0. The van der Waals surface area contributed by atoms with E-state index in [-0.39, 0.29) is 12.4 Å². The van der Waals surface area contributed by atoms with Crippen molar-refractivity contribution in [1.29, 1.82) is 0 Å². The van der Waals surface area contributed by atoms with Crippen molar-refractivity contribution in [2.24, 2.45) is 0 Å². The fourth-order valence-corrected chi connectivity index (χ4v) is 2.50. The Bertz CT molecular complexity index is 505. The van der Waals surface area contributed by atoms with Crippen LogP contribution in [0, 0.1) is 0 Å². The summed E-state index contributed by atoms with van der Waals surface area (Å²) in [6, 6.07) is 6.89. The monoisotopic (exact) mass is 316 g/mol. The summed E-state index contributed by atoms with van der Waals surface area (Å²) >= 11 is 0. The quantitative estimate of drug-likeness (QED) is 0.475. The molecule has 0 fully saturated rings. The molecule has 0 aliphatic heterocycles. The van der Waals surface area contributed by atoms with E-state index >= 15 is 0 Å². The van der Waals surface area contributed by atoms with Gasteiger partial charge >= 0.3 is 0 Å². The van der Waals surface area contributed by atoms with Crippen LogP contribution in [0.2, 0.25) is 0 Å². The summed E-state index contributed by atoms with van der Waals surface area (Å²) in [6.45, 7) is 3.77. The van der Waals surface area contributed by atoms with Gasteiger partial charge in [-0.3, -0.25) is 0 Å². The van der Waals surface area contributed by atoms with E-state index in [1.807, 2.05) is 6.92 Å². The first-order valence-corrected chi connectivity index (χ1v) is 8.72. The van der Waals surface area contributed by atoms with Crippen molar-refractivity contribution in [2.75, 3.05) is 37.9 Å². The van der Waals surface area contributed by atoms with Crippen LogP contribution in [-0.4, -0.2) is 40.5 Å². The highest BCUT2D eigenvalue weighted by molar-refractivity contribution is 7.89. The molecule has 0 unspecified atom stereocenters. The number of anilines is 1. The number of nitrogens with two attached hydrogens (primary N) is 1. The molecule has 1 rings (SSSR count). The van der Waals surface area contributed by atoms with Gasteiger partial charge in [0.15, 0.2) is 0 Å². The summed E-state index contributed by atoms with van der Waals surface area (Å²) in [5, 5.41) is 0. The van der Waals surface area contributed by atoms with Crippen molar-refractivity contribution in [1.82, 2.24) is 4.72 Å². The third-order valence-electron chi connectivity index (χ3n) is 2.61. The molecule has 3 N–H and O–H groups in total. The van der Waals surface area contributed by atoms with E-state index in [4.69, 9.17) is 15.2 Å². The van der Waals surface area contributed by atoms with Crippen LogP contribution in [-0.2, 0) is 14.8 Å². The minimum absolute atomic E-state index is 0.0857. The first kappa shape index (κ1) is 17.7. The van der Waals surface area contributed by atoms with Gasteiger partial charge in [-0.1, -0.05) is 13.0 Å². The molecule has 0 spiro atoms.